The molecule has 1 aliphatic heterocycles. The Morgan fingerprint density at radius 1 is 0.500 bits per heavy atom. The van der Waals surface area contributed by atoms with Gasteiger partial charge >= 0.3 is 0 Å². The molecule has 14 rings (SSSR count). The van der Waals surface area contributed by atoms with Gasteiger partial charge in [0, 0.05) is 23.0 Å². The maximum atomic E-state index is 9.11. The third-order valence-corrected chi connectivity index (χ3v) is 19.0. The zero-order valence-electron chi connectivity index (χ0n) is 53.6. The summed E-state index contributed by atoms with van der Waals surface area (Å²) < 4.78 is 100. The summed E-state index contributed by atoms with van der Waals surface area (Å²) in [4.78, 5) is 5.01. The van der Waals surface area contributed by atoms with Crippen molar-refractivity contribution in [3.8, 4) is 84.3 Å². The van der Waals surface area contributed by atoms with E-state index in [0.29, 0.717) is 28.2 Å². The number of fused-ring (bicyclic) bond motifs is 9. The fraction of sp³-hybridized carbons (Fsp3) is 0.0833. The first-order valence-electron chi connectivity index (χ1n) is 31.1. The lowest BCUT2D eigenvalue weighted by atomic mass is 9.88. The van der Waals surface area contributed by atoms with Gasteiger partial charge in [0.1, 0.15) is 25.4 Å². The van der Waals surface area contributed by atoms with Crippen LogP contribution in [0.1, 0.15) is 40.0 Å². The molecule has 4 heterocycles. The molecule has 10 aromatic carbocycles. The van der Waals surface area contributed by atoms with Crippen LogP contribution in [-0.2, 0) is 5.41 Å². The average Bonchev–Trinajstić information content (AvgIpc) is 1.62. The van der Waals surface area contributed by atoms with E-state index in [4.69, 9.17) is 23.4 Å². The van der Waals surface area contributed by atoms with Gasteiger partial charge in [-0.1, -0.05) is 210 Å². The zero-order valence-corrected chi connectivity index (χ0v) is 44.6. The Hall–Kier alpha value is -9.36. The number of para-hydroxylation sites is 3. The maximum Gasteiger partial charge on any atom is 0.269 e. The number of rotatable bonds is 8. The van der Waals surface area contributed by atoms with E-state index in [9.17, 15) is 0 Å². The van der Waals surface area contributed by atoms with E-state index in [2.05, 4.69) is 154 Å². The lowest BCUT2D eigenvalue weighted by Gasteiger charge is -2.25. The van der Waals surface area contributed by atoms with Crippen molar-refractivity contribution in [2.75, 3.05) is 0 Å². The van der Waals surface area contributed by atoms with Crippen molar-refractivity contribution in [3.05, 3.63) is 261 Å². The van der Waals surface area contributed by atoms with Gasteiger partial charge in [-0.05, 0) is 138 Å². The van der Waals surface area contributed by atoms with Crippen LogP contribution in [0.2, 0.25) is 13.1 Å². The Kier molecular flexibility index (Phi) is 8.84. The number of imidazole rings is 1. The lowest BCUT2D eigenvalue weighted by molar-refractivity contribution is -0.571. The minimum atomic E-state index is -2.06. The normalized spacial score (nSPS) is 14.6. The first kappa shape index (κ1) is 37.4. The number of nitrogens with zero attached hydrogens (tertiary/aromatic N) is 4. The smallest absolute Gasteiger partial charge is 0.269 e. The second-order valence-corrected chi connectivity index (χ2v) is 25.8. The van der Waals surface area contributed by atoms with Gasteiger partial charge < -0.3 is 4.74 Å². The molecule has 0 amide bonds. The van der Waals surface area contributed by atoms with E-state index in [0.717, 1.165) is 44.3 Å². The zero-order chi connectivity index (χ0) is 61.4. The predicted octanol–water partition coefficient (Wildman–Crippen LogP) is 16.8. The van der Waals surface area contributed by atoms with Crippen molar-refractivity contribution < 1.29 is 23.0 Å². The van der Waals surface area contributed by atoms with Gasteiger partial charge in [0.15, 0.2) is 0 Å². The number of hydrogen-bond acceptors (Lipinski definition) is 2. The minimum Gasteiger partial charge on any atom is -0.458 e. The van der Waals surface area contributed by atoms with Crippen molar-refractivity contribution in [2.24, 2.45) is 0 Å². The summed E-state index contributed by atoms with van der Waals surface area (Å²) in [5.74, 6) is 1.85. The van der Waals surface area contributed by atoms with Crippen molar-refractivity contribution in [1.29, 1.82) is 0 Å². The van der Waals surface area contributed by atoms with Gasteiger partial charge in [-0.25, -0.2) is 4.98 Å². The van der Waals surface area contributed by atoms with Crippen LogP contribution >= 0.6 is 0 Å². The first-order chi connectivity index (χ1) is 42.2. The average molecular weight is 1030 g/mol. The molecule has 0 spiro atoms. The highest BCUT2D eigenvalue weighted by molar-refractivity contribution is 7.02. The third-order valence-electron chi connectivity index (χ3n) is 15.4. The highest BCUT2D eigenvalue weighted by Gasteiger charge is 2.35. The van der Waals surface area contributed by atoms with Crippen LogP contribution in [0.5, 0.6) is 11.5 Å². The standard InChI is InChI=1S/C72H56N4OSi/c1-72(2,3)52-40-41-73-70(44-52)76-64-39-35-51(50-34-37-58-60-26-12-16-32-68(60)78(4,5)69-33-17-13-27-61(69)62(58)42-50)43-63(64)59-38-36-55(46-67(59)76)77-54-25-18-24-53(45-54)74-47-75(66-31-15-14-30-65(66)74)71-56(48-20-8-6-9-21-48)28-19-29-57(71)49-22-10-7-11-23-49/h6-46H,1-5H3/i6D,7D,8D,9D,10D,11D,20D,21D,22D,23D. The Balaban J connectivity index is 0.902. The molecule has 6 heteroatoms. The van der Waals surface area contributed by atoms with Crippen LogP contribution in [0, 0.1) is 6.33 Å². The Labute approximate surface area is 470 Å². The summed E-state index contributed by atoms with van der Waals surface area (Å²) >= 11 is 0. The number of pyridine rings is 1. The summed E-state index contributed by atoms with van der Waals surface area (Å²) in [7, 11) is -2.06. The van der Waals surface area contributed by atoms with E-state index in [1.165, 1.54) is 32.6 Å². The molecule has 0 unspecified atom stereocenters. The van der Waals surface area contributed by atoms with Gasteiger partial charge in [-0.3, -0.25) is 13.7 Å². The predicted molar refractivity (Wildman–Crippen MR) is 325 cm³/mol. The molecule has 5 nitrogen and oxygen atoms in total. The largest absolute Gasteiger partial charge is 0.458 e. The van der Waals surface area contributed by atoms with Crippen molar-refractivity contribution in [3.63, 3.8) is 0 Å². The SMILES string of the molecule is [2H]c1c([2H])c([2H])c(-c2cccc(-c3c([2H])c([2H])c([2H])c([2H])c3[2H])c2-[n+]2[c-]n(-c3cccc(Oc4ccc5c6cc(-c7ccc8c(c7)-c7ccccc7[Si](C)(C)c7ccccc7-8)ccc6n(-c6cc(C(C)(C)C)ccn6)c5c4)c3)c3ccccc32)c([2H])c1[2H]. The molecule has 0 radical (unpaired) electrons. The molecule has 3 aromatic heterocycles. The molecule has 13 aromatic rings. The number of hydrogen-bond donors (Lipinski definition) is 0. The van der Waals surface area contributed by atoms with Crippen LogP contribution in [-0.4, -0.2) is 22.2 Å². The first-order valence-corrected chi connectivity index (χ1v) is 29.1. The van der Waals surface area contributed by atoms with Gasteiger partial charge in [0.05, 0.1) is 47.1 Å². The minimum absolute atomic E-state index is 0.133. The van der Waals surface area contributed by atoms with E-state index in [1.54, 1.807) is 22.8 Å². The highest BCUT2D eigenvalue weighted by atomic mass is 28.3. The maximum absolute atomic E-state index is 9.11. The second-order valence-electron chi connectivity index (χ2n) is 21.4. The van der Waals surface area contributed by atoms with Crippen LogP contribution in [0.3, 0.4) is 0 Å². The monoisotopic (exact) mass is 1030 g/mol. The van der Waals surface area contributed by atoms with E-state index in [-0.39, 0.29) is 33.4 Å². The molecule has 78 heavy (non-hydrogen) atoms. The van der Waals surface area contributed by atoms with Crippen LogP contribution < -0.4 is 19.7 Å². The van der Waals surface area contributed by atoms with Crippen molar-refractivity contribution >= 4 is 51.3 Å². The summed E-state index contributed by atoms with van der Waals surface area (Å²) in [6.45, 7) is 11.5. The van der Waals surface area contributed by atoms with Crippen molar-refractivity contribution in [1.82, 2.24) is 14.1 Å². The summed E-state index contributed by atoms with van der Waals surface area (Å²) in [5, 5.41) is 4.95. The molecule has 0 saturated heterocycles. The molecule has 0 aliphatic carbocycles. The van der Waals surface area contributed by atoms with Crippen LogP contribution in [0.25, 0.3) is 106 Å². The highest BCUT2D eigenvalue weighted by Crippen LogP contribution is 2.42. The molecule has 0 saturated carbocycles. The van der Waals surface area contributed by atoms with Gasteiger partial charge in [0.25, 0.3) is 6.33 Å². The quantitative estimate of drug-likeness (QED) is 0.0864. The van der Waals surface area contributed by atoms with Gasteiger partial charge in [0.2, 0.25) is 0 Å². The topological polar surface area (TPSA) is 35.9 Å². The number of ether oxygens (including phenoxy) is 1. The third kappa shape index (κ3) is 7.90. The molecule has 0 bridgehead atoms. The molecule has 374 valence electrons. The molecule has 0 N–H and O–H groups in total. The molecule has 0 fully saturated rings. The van der Waals surface area contributed by atoms with E-state index >= 15 is 0 Å². The fourth-order valence-corrected chi connectivity index (χ4v) is 14.6. The molecular weight excluding hydrogens is 965 g/mol. The second kappa shape index (κ2) is 18.4. The number of aromatic nitrogens is 4. The molecular formula is C72H56N4OSi. The summed E-state index contributed by atoms with van der Waals surface area (Å²) in [6, 6.07) is 56.4. The summed E-state index contributed by atoms with van der Waals surface area (Å²) in [5.41, 5.74) is 12.2. The molecule has 0 atom stereocenters. The van der Waals surface area contributed by atoms with Crippen LogP contribution in [0.15, 0.2) is 249 Å². The van der Waals surface area contributed by atoms with E-state index < -0.39 is 68.5 Å². The van der Waals surface area contributed by atoms with Crippen LogP contribution in [0.4, 0.5) is 0 Å². The van der Waals surface area contributed by atoms with Crippen molar-refractivity contribution in [2.45, 2.75) is 39.3 Å². The van der Waals surface area contributed by atoms with Gasteiger partial charge in [-0.2, -0.15) is 0 Å². The number of benzene rings is 10. The Bertz CT molecular complexity index is 4980. The fourth-order valence-electron chi connectivity index (χ4n) is 11.5. The summed E-state index contributed by atoms with van der Waals surface area (Å²) in [6.07, 6.45) is 5.36. The Morgan fingerprint density at radius 3 is 1.86 bits per heavy atom. The van der Waals surface area contributed by atoms with E-state index in [1.807, 2.05) is 65.4 Å². The Morgan fingerprint density at radius 2 is 1.13 bits per heavy atom. The van der Waals surface area contributed by atoms with Gasteiger partial charge in [-0.15, -0.1) is 0 Å². The lowest BCUT2D eigenvalue weighted by Crippen LogP contribution is -2.53. The molecule has 1 aliphatic rings.